The molecule has 0 saturated carbocycles. The fraction of sp³-hybridized carbons (Fsp3) is 0.417. The Hall–Kier alpha value is -1.63. The van der Waals surface area contributed by atoms with Crippen LogP contribution in [0.5, 0.6) is 5.75 Å². The molecule has 0 unspecified atom stereocenters. The lowest BCUT2D eigenvalue weighted by molar-refractivity contribution is -0.0501. The van der Waals surface area contributed by atoms with Crippen molar-refractivity contribution < 1.29 is 13.5 Å². The van der Waals surface area contributed by atoms with E-state index in [4.69, 9.17) is 5.26 Å². The predicted octanol–water partition coefficient (Wildman–Crippen LogP) is 3.46. The molecular formula is C12H13F2NO. The van der Waals surface area contributed by atoms with E-state index in [9.17, 15) is 8.78 Å². The summed E-state index contributed by atoms with van der Waals surface area (Å²) in [5.74, 6) is -0.0649. The molecule has 1 rings (SSSR count). The van der Waals surface area contributed by atoms with Crippen molar-refractivity contribution in [1.29, 1.82) is 5.26 Å². The Bertz CT molecular complexity index is 416. The molecule has 16 heavy (non-hydrogen) atoms. The highest BCUT2D eigenvalue weighted by Crippen LogP contribution is 2.29. The first kappa shape index (κ1) is 12.4. The molecule has 0 aromatic heterocycles. The van der Waals surface area contributed by atoms with Crippen LogP contribution in [0, 0.1) is 11.3 Å². The Balaban J connectivity index is 3.18. The molecule has 0 saturated heterocycles. The first-order chi connectivity index (χ1) is 7.34. The molecule has 86 valence electrons. The minimum absolute atomic E-state index is 0.0649. The number of alkyl halides is 2. The second kappa shape index (κ2) is 4.48. The van der Waals surface area contributed by atoms with Crippen LogP contribution in [0.3, 0.4) is 0 Å². The summed E-state index contributed by atoms with van der Waals surface area (Å²) in [5.41, 5.74) is 0.796. The maximum absolute atomic E-state index is 12.1. The number of nitrogens with zero attached hydrogens (tertiary/aromatic N) is 1. The maximum atomic E-state index is 12.1. The SMILES string of the molecule is CC(C)(C)c1ccc(C#N)c(OC(F)F)c1. The summed E-state index contributed by atoms with van der Waals surface area (Å²) in [6.45, 7) is 2.96. The summed E-state index contributed by atoms with van der Waals surface area (Å²) < 4.78 is 28.6. The van der Waals surface area contributed by atoms with E-state index in [0.717, 1.165) is 5.56 Å². The second-order valence-corrected chi connectivity index (χ2v) is 4.45. The molecule has 4 heteroatoms. The quantitative estimate of drug-likeness (QED) is 0.772. The predicted molar refractivity (Wildman–Crippen MR) is 56.5 cm³/mol. The van der Waals surface area contributed by atoms with Crippen LogP contribution >= 0.6 is 0 Å². The lowest BCUT2D eigenvalue weighted by Gasteiger charge is -2.20. The topological polar surface area (TPSA) is 33.0 Å². The molecule has 0 aliphatic rings. The third kappa shape index (κ3) is 2.93. The van der Waals surface area contributed by atoms with Crippen molar-refractivity contribution >= 4 is 0 Å². The highest BCUT2D eigenvalue weighted by atomic mass is 19.3. The standard InChI is InChI=1S/C12H13F2NO/c1-12(2,3)9-5-4-8(7-15)10(6-9)16-11(13)14/h4-6,11H,1-3H3. The number of rotatable bonds is 2. The lowest BCUT2D eigenvalue weighted by Crippen LogP contribution is -2.12. The zero-order valence-electron chi connectivity index (χ0n) is 9.42. The van der Waals surface area contributed by atoms with Crippen LogP contribution in [0.25, 0.3) is 0 Å². The Labute approximate surface area is 93.5 Å². The fourth-order valence-corrected chi connectivity index (χ4v) is 1.27. The first-order valence-corrected chi connectivity index (χ1v) is 4.84. The molecule has 0 spiro atoms. The first-order valence-electron chi connectivity index (χ1n) is 4.84. The van der Waals surface area contributed by atoms with Gasteiger partial charge in [-0.2, -0.15) is 14.0 Å². The van der Waals surface area contributed by atoms with Crippen molar-refractivity contribution in [3.63, 3.8) is 0 Å². The largest absolute Gasteiger partial charge is 0.433 e. The number of benzene rings is 1. The van der Waals surface area contributed by atoms with Gasteiger partial charge in [-0.25, -0.2) is 0 Å². The van der Waals surface area contributed by atoms with E-state index < -0.39 is 6.61 Å². The van der Waals surface area contributed by atoms with Crippen molar-refractivity contribution in [1.82, 2.24) is 0 Å². The van der Waals surface area contributed by atoms with E-state index in [1.54, 1.807) is 6.07 Å². The van der Waals surface area contributed by atoms with Crippen LogP contribution in [0.1, 0.15) is 31.9 Å². The average molecular weight is 225 g/mol. The lowest BCUT2D eigenvalue weighted by atomic mass is 9.86. The molecule has 1 aromatic carbocycles. The van der Waals surface area contributed by atoms with Crippen LogP contribution < -0.4 is 4.74 Å². The van der Waals surface area contributed by atoms with E-state index in [1.165, 1.54) is 12.1 Å². The van der Waals surface area contributed by atoms with Crippen LogP contribution in [0.2, 0.25) is 0 Å². The van der Waals surface area contributed by atoms with Gasteiger partial charge in [-0.05, 0) is 23.1 Å². The van der Waals surface area contributed by atoms with Gasteiger partial charge in [0.25, 0.3) is 0 Å². The minimum atomic E-state index is -2.91. The maximum Gasteiger partial charge on any atom is 0.387 e. The Morgan fingerprint density at radius 1 is 1.31 bits per heavy atom. The van der Waals surface area contributed by atoms with Crippen molar-refractivity contribution in [2.75, 3.05) is 0 Å². The molecule has 0 radical (unpaired) electrons. The van der Waals surface area contributed by atoms with Crippen LogP contribution in [-0.2, 0) is 5.41 Å². The second-order valence-electron chi connectivity index (χ2n) is 4.45. The third-order valence-electron chi connectivity index (χ3n) is 2.18. The van der Waals surface area contributed by atoms with E-state index in [0.29, 0.717) is 0 Å². The van der Waals surface area contributed by atoms with Crippen molar-refractivity contribution in [3.05, 3.63) is 29.3 Å². The third-order valence-corrected chi connectivity index (χ3v) is 2.18. The van der Waals surface area contributed by atoms with Crippen LogP contribution in [0.15, 0.2) is 18.2 Å². The number of hydrogen-bond donors (Lipinski definition) is 0. The summed E-state index contributed by atoms with van der Waals surface area (Å²) in [6.07, 6.45) is 0. The normalized spacial score (nSPS) is 11.3. The number of hydrogen-bond acceptors (Lipinski definition) is 2. The smallest absolute Gasteiger partial charge is 0.387 e. The Kier molecular flexibility index (Phi) is 3.48. The summed E-state index contributed by atoms with van der Waals surface area (Å²) in [5, 5.41) is 8.75. The summed E-state index contributed by atoms with van der Waals surface area (Å²) in [4.78, 5) is 0. The molecule has 0 heterocycles. The fourth-order valence-electron chi connectivity index (χ4n) is 1.27. The van der Waals surface area contributed by atoms with Gasteiger partial charge in [-0.3, -0.25) is 0 Å². The highest BCUT2D eigenvalue weighted by Gasteiger charge is 2.17. The highest BCUT2D eigenvalue weighted by molar-refractivity contribution is 5.46. The Morgan fingerprint density at radius 2 is 1.94 bits per heavy atom. The summed E-state index contributed by atoms with van der Waals surface area (Å²) in [7, 11) is 0. The summed E-state index contributed by atoms with van der Waals surface area (Å²) >= 11 is 0. The van der Waals surface area contributed by atoms with E-state index in [1.807, 2.05) is 26.8 Å². The molecule has 0 N–H and O–H groups in total. The van der Waals surface area contributed by atoms with Gasteiger partial charge >= 0.3 is 6.61 Å². The van der Waals surface area contributed by atoms with Crippen molar-refractivity contribution in [2.24, 2.45) is 0 Å². The monoisotopic (exact) mass is 225 g/mol. The van der Waals surface area contributed by atoms with Gasteiger partial charge < -0.3 is 4.74 Å². The van der Waals surface area contributed by atoms with Gasteiger partial charge in [-0.1, -0.05) is 26.8 Å². The molecule has 0 fully saturated rings. The summed E-state index contributed by atoms with van der Waals surface area (Å²) in [6, 6.07) is 6.56. The van der Waals surface area contributed by atoms with Gasteiger partial charge in [0, 0.05) is 0 Å². The molecule has 1 aromatic rings. The van der Waals surface area contributed by atoms with E-state index in [-0.39, 0.29) is 16.7 Å². The number of nitriles is 1. The van der Waals surface area contributed by atoms with Crippen molar-refractivity contribution in [3.8, 4) is 11.8 Å². The molecule has 0 bridgehead atoms. The van der Waals surface area contributed by atoms with E-state index in [2.05, 4.69) is 4.74 Å². The molecule has 0 atom stereocenters. The van der Waals surface area contributed by atoms with E-state index >= 15 is 0 Å². The van der Waals surface area contributed by atoms with Crippen LogP contribution in [0.4, 0.5) is 8.78 Å². The Morgan fingerprint density at radius 3 is 2.38 bits per heavy atom. The van der Waals surface area contributed by atoms with Gasteiger partial charge in [0.2, 0.25) is 0 Å². The van der Waals surface area contributed by atoms with Crippen LogP contribution in [-0.4, -0.2) is 6.61 Å². The zero-order valence-corrected chi connectivity index (χ0v) is 9.42. The molecule has 2 nitrogen and oxygen atoms in total. The number of ether oxygens (including phenoxy) is 1. The number of halogens is 2. The minimum Gasteiger partial charge on any atom is -0.433 e. The molecule has 0 aliphatic carbocycles. The van der Waals surface area contributed by atoms with Crippen molar-refractivity contribution in [2.45, 2.75) is 32.8 Å². The zero-order chi connectivity index (χ0) is 12.3. The van der Waals surface area contributed by atoms with Gasteiger partial charge in [0.15, 0.2) is 0 Å². The molecular weight excluding hydrogens is 212 g/mol. The molecule has 0 amide bonds. The van der Waals surface area contributed by atoms with Gasteiger partial charge in [0.1, 0.15) is 11.8 Å². The average Bonchev–Trinajstić information content (AvgIpc) is 2.15. The van der Waals surface area contributed by atoms with Gasteiger partial charge in [-0.15, -0.1) is 0 Å². The van der Waals surface area contributed by atoms with Gasteiger partial charge in [0.05, 0.1) is 5.56 Å². The molecule has 0 aliphatic heterocycles.